The molecular formula is C22H20F2N2O3. The molecule has 4 rings (SSSR count). The topological polar surface area (TPSA) is 62.4 Å². The molecule has 0 spiro atoms. The largest absolute Gasteiger partial charge is 0.464 e. The fourth-order valence-electron chi connectivity index (χ4n) is 4.04. The lowest BCUT2D eigenvalue weighted by Gasteiger charge is -2.37. The Morgan fingerprint density at radius 3 is 2.66 bits per heavy atom. The van der Waals surface area contributed by atoms with E-state index in [0.717, 1.165) is 28.6 Å². The number of rotatable bonds is 3. The standard InChI is InChI=1S/C22H20F2N2O3/c1-3-29-22(28)20-19-18(14-6-4-5-7-17(14)25-19)12(2)11-26(20)21(27)13-8-9-15(23)16(24)10-13/h4-10,12,20,25H,3,11H2,1-2H3. The number of nitrogens with zero attached hydrogens (tertiary/aromatic N) is 1. The van der Waals surface area contributed by atoms with E-state index in [1.54, 1.807) is 6.92 Å². The molecule has 2 heterocycles. The molecule has 1 N–H and O–H groups in total. The van der Waals surface area contributed by atoms with E-state index in [-0.39, 0.29) is 24.6 Å². The van der Waals surface area contributed by atoms with Crippen molar-refractivity contribution in [3.05, 3.63) is 70.9 Å². The van der Waals surface area contributed by atoms with Gasteiger partial charge in [0.1, 0.15) is 0 Å². The molecule has 0 fully saturated rings. The smallest absolute Gasteiger partial charge is 0.335 e. The van der Waals surface area contributed by atoms with Crippen molar-refractivity contribution < 1.29 is 23.1 Å². The summed E-state index contributed by atoms with van der Waals surface area (Å²) in [6, 6.07) is 9.66. The third-order valence-electron chi connectivity index (χ3n) is 5.26. The van der Waals surface area contributed by atoms with Gasteiger partial charge >= 0.3 is 5.97 Å². The van der Waals surface area contributed by atoms with Crippen LogP contribution >= 0.6 is 0 Å². The third kappa shape index (κ3) is 3.16. The Kier molecular flexibility index (Phi) is 4.82. The minimum atomic E-state index is -1.11. The Morgan fingerprint density at radius 2 is 1.93 bits per heavy atom. The number of halogens is 2. The average molecular weight is 398 g/mol. The van der Waals surface area contributed by atoms with Crippen molar-refractivity contribution in [1.82, 2.24) is 9.88 Å². The zero-order valence-corrected chi connectivity index (χ0v) is 16.0. The fourth-order valence-corrected chi connectivity index (χ4v) is 4.04. The van der Waals surface area contributed by atoms with Crippen LogP contribution in [0.25, 0.3) is 10.9 Å². The molecule has 29 heavy (non-hydrogen) atoms. The van der Waals surface area contributed by atoms with Crippen LogP contribution in [-0.2, 0) is 9.53 Å². The summed E-state index contributed by atoms with van der Waals surface area (Å²) in [4.78, 5) is 30.6. The highest BCUT2D eigenvalue weighted by Crippen LogP contribution is 2.41. The summed E-state index contributed by atoms with van der Waals surface area (Å²) < 4.78 is 32.2. The number of hydrogen-bond donors (Lipinski definition) is 1. The number of esters is 1. The molecule has 2 atom stereocenters. The zero-order valence-electron chi connectivity index (χ0n) is 16.0. The molecule has 0 saturated heterocycles. The van der Waals surface area contributed by atoms with E-state index in [0.29, 0.717) is 5.69 Å². The predicted molar refractivity (Wildman–Crippen MR) is 103 cm³/mol. The van der Waals surface area contributed by atoms with Gasteiger partial charge in [-0.15, -0.1) is 0 Å². The molecule has 2 aromatic carbocycles. The van der Waals surface area contributed by atoms with Crippen molar-refractivity contribution in [2.45, 2.75) is 25.8 Å². The van der Waals surface area contributed by atoms with Crippen LogP contribution in [0.3, 0.4) is 0 Å². The number of amides is 1. The Labute approximate surface area is 166 Å². The average Bonchev–Trinajstić information content (AvgIpc) is 3.09. The number of H-pyrrole nitrogens is 1. The summed E-state index contributed by atoms with van der Waals surface area (Å²) in [5.74, 6) is -3.34. The number of fused-ring (bicyclic) bond motifs is 3. The van der Waals surface area contributed by atoms with E-state index in [1.807, 2.05) is 31.2 Å². The molecule has 1 amide bonds. The maximum Gasteiger partial charge on any atom is 0.335 e. The molecule has 150 valence electrons. The van der Waals surface area contributed by atoms with Crippen LogP contribution in [0.2, 0.25) is 0 Å². The quantitative estimate of drug-likeness (QED) is 0.669. The van der Waals surface area contributed by atoms with Gasteiger partial charge in [-0.2, -0.15) is 0 Å². The maximum atomic E-state index is 13.7. The first-order valence-electron chi connectivity index (χ1n) is 9.45. The molecule has 1 aliphatic heterocycles. The molecule has 5 nitrogen and oxygen atoms in total. The summed E-state index contributed by atoms with van der Waals surface area (Å²) in [6.45, 7) is 4.06. The highest BCUT2D eigenvalue weighted by Gasteiger charge is 2.42. The van der Waals surface area contributed by atoms with Crippen molar-refractivity contribution in [3.8, 4) is 0 Å². The Morgan fingerprint density at radius 1 is 1.17 bits per heavy atom. The van der Waals surface area contributed by atoms with E-state index in [9.17, 15) is 18.4 Å². The van der Waals surface area contributed by atoms with Gasteiger partial charge in [0.15, 0.2) is 17.7 Å². The molecule has 2 unspecified atom stereocenters. The number of nitrogens with one attached hydrogen (secondary N) is 1. The first-order valence-corrected chi connectivity index (χ1v) is 9.45. The predicted octanol–water partition coefficient (Wildman–Crippen LogP) is 4.31. The van der Waals surface area contributed by atoms with Crippen molar-refractivity contribution in [2.24, 2.45) is 0 Å². The third-order valence-corrected chi connectivity index (χ3v) is 5.26. The molecule has 0 saturated carbocycles. The number of para-hydroxylation sites is 1. The molecule has 1 aliphatic rings. The zero-order chi connectivity index (χ0) is 20.7. The minimum Gasteiger partial charge on any atom is -0.464 e. The Bertz CT molecular complexity index is 1110. The van der Waals surface area contributed by atoms with Gasteiger partial charge in [-0.1, -0.05) is 25.1 Å². The normalized spacial score (nSPS) is 18.6. The van der Waals surface area contributed by atoms with Crippen LogP contribution in [0.5, 0.6) is 0 Å². The number of aromatic amines is 1. The van der Waals surface area contributed by atoms with Gasteiger partial charge in [0.25, 0.3) is 5.91 Å². The second-order valence-electron chi connectivity index (χ2n) is 7.14. The summed E-state index contributed by atoms with van der Waals surface area (Å²) in [6.07, 6.45) is 0. The van der Waals surface area contributed by atoms with E-state index in [2.05, 4.69) is 4.98 Å². The van der Waals surface area contributed by atoms with Gasteiger partial charge in [0.2, 0.25) is 0 Å². The van der Waals surface area contributed by atoms with Crippen molar-refractivity contribution >= 4 is 22.8 Å². The number of hydrogen-bond acceptors (Lipinski definition) is 3. The number of carbonyl (C=O) groups is 2. The van der Waals surface area contributed by atoms with E-state index in [4.69, 9.17) is 4.74 Å². The van der Waals surface area contributed by atoms with Crippen molar-refractivity contribution in [2.75, 3.05) is 13.2 Å². The van der Waals surface area contributed by atoms with Gasteiger partial charge in [-0.3, -0.25) is 4.79 Å². The molecule has 0 aliphatic carbocycles. The molecule has 7 heteroatoms. The summed E-state index contributed by atoms with van der Waals surface area (Å²) in [5.41, 5.74) is 2.40. The highest BCUT2D eigenvalue weighted by molar-refractivity contribution is 5.98. The van der Waals surface area contributed by atoms with Gasteiger partial charge < -0.3 is 14.6 Å². The number of benzene rings is 2. The van der Waals surface area contributed by atoms with Gasteiger partial charge in [0, 0.05) is 28.9 Å². The van der Waals surface area contributed by atoms with Crippen LogP contribution in [0, 0.1) is 11.6 Å². The SMILES string of the molecule is CCOC(=O)C1c2[nH]c3ccccc3c2C(C)CN1C(=O)c1ccc(F)c(F)c1. The molecule has 0 radical (unpaired) electrons. The first kappa shape index (κ1) is 19.1. The van der Waals surface area contributed by atoms with Gasteiger partial charge in [0.05, 0.1) is 12.3 Å². The van der Waals surface area contributed by atoms with Crippen molar-refractivity contribution in [3.63, 3.8) is 0 Å². The lowest BCUT2D eigenvalue weighted by atomic mass is 9.89. The summed E-state index contributed by atoms with van der Waals surface area (Å²) in [7, 11) is 0. The lowest BCUT2D eigenvalue weighted by Crippen LogP contribution is -2.45. The van der Waals surface area contributed by atoms with Gasteiger partial charge in [-0.05, 0) is 36.8 Å². The van der Waals surface area contributed by atoms with Gasteiger partial charge in [-0.25, -0.2) is 13.6 Å². The number of carbonyl (C=O) groups excluding carboxylic acids is 2. The highest BCUT2D eigenvalue weighted by atomic mass is 19.2. The van der Waals surface area contributed by atoms with E-state index >= 15 is 0 Å². The second kappa shape index (κ2) is 7.31. The van der Waals surface area contributed by atoms with Crippen LogP contribution < -0.4 is 0 Å². The Hall–Kier alpha value is -3.22. The molecule has 0 bridgehead atoms. The van der Waals surface area contributed by atoms with E-state index < -0.39 is 29.6 Å². The molecule has 1 aromatic heterocycles. The second-order valence-corrected chi connectivity index (χ2v) is 7.14. The van der Waals surface area contributed by atoms with E-state index in [1.165, 1.54) is 11.0 Å². The summed E-state index contributed by atoms with van der Waals surface area (Å²) >= 11 is 0. The maximum absolute atomic E-state index is 13.7. The monoisotopic (exact) mass is 398 g/mol. The van der Waals surface area contributed by atoms with Crippen LogP contribution in [0.4, 0.5) is 8.78 Å². The number of aromatic nitrogens is 1. The molecular weight excluding hydrogens is 378 g/mol. The number of ether oxygens (including phenoxy) is 1. The van der Waals surface area contributed by atoms with Crippen LogP contribution in [0.15, 0.2) is 42.5 Å². The fraction of sp³-hybridized carbons (Fsp3) is 0.273. The first-order chi connectivity index (χ1) is 13.9. The van der Waals surface area contributed by atoms with Crippen LogP contribution in [0.1, 0.15) is 47.4 Å². The van der Waals surface area contributed by atoms with Crippen molar-refractivity contribution in [1.29, 1.82) is 0 Å². The lowest BCUT2D eigenvalue weighted by molar-refractivity contribution is -0.149. The molecule has 3 aromatic rings. The minimum absolute atomic E-state index is 0.0232. The van der Waals surface area contributed by atoms with Crippen LogP contribution in [-0.4, -0.2) is 34.9 Å². The Balaban J connectivity index is 1.84. The summed E-state index contributed by atoms with van der Waals surface area (Å²) in [5, 5.41) is 0.990.